The highest BCUT2D eigenvalue weighted by Crippen LogP contribution is 2.16. The standard InChI is InChI=1S/C20H41FO3S.C2H7N/c1-3-5-7-9-10-11-12-13-14-15-17-19-24-25(22,23)20(21)18-16-8-6-4-2;1-3-2/h20H,3-19H2,1-2H3;3H,1-2H3. The molecule has 1 atom stereocenters. The van der Waals surface area contributed by atoms with Gasteiger partial charge in [0.2, 0.25) is 5.50 Å². The molecule has 6 heteroatoms. The third kappa shape index (κ3) is 22.1. The SMILES string of the molecule is CCCCCCCCCCCCCOS(=O)(=O)C(F)CCCCCC.CNC. The van der Waals surface area contributed by atoms with E-state index < -0.39 is 15.6 Å². The van der Waals surface area contributed by atoms with Gasteiger partial charge >= 0.3 is 0 Å². The van der Waals surface area contributed by atoms with Crippen LogP contribution in [0.5, 0.6) is 0 Å². The Morgan fingerprint density at radius 1 is 0.714 bits per heavy atom. The van der Waals surface area contributed by atoms with Crippen LogP contribution in [0.1, 0.15) is 117 Å². The monoisotopic (exact) mass is 425 g/mol. The molecule has 0 aromatic carbocycles. The topological polar surface area (TPSA) is 55.4 Å². The molecule has 0 aliphatic heterocycles. The first-order valence-corrected chi connectivity index (χ1v) is 13.0. The second-order valence-corrected chi connectivity index (χ2v) is 9.34. The van der Waals surface area contributed by atoms with Crippen molar-refractivity contribution in [2.45, 2.75) is 122 Å². The maximum atomic E-state index is 13.7. The average molecular weight is 426 g/mol. The number of hydrogen-bond donors (Lipinski definition) is 1. The minimum Gasteiger partial charge on any atom is -0.323 e. The third-order valence-corrected chi connectivity index (χ3v) is 5.95. The zero-order valence-electron chi connectivity index (χ0n) is 19.1. The van der Waals surface area contributed by atoms with Crippen LogP contribution in [0.3, 0.4) is 0 Å². The maximum absolute atomic E-state index is 13.7. The minimum atomic E-state index is -4.03. The van der Waals surface area contributed by atoms with E-state index in [1.165, 1.54) is 51.4 Å². The van der Waals surface area contributed by atoms with Gasteiger partial charge in [0.1, 0.15) is 0 Å². The highest BCUT2D eigenvalue weighted by atomic mass is 32.2. The number of unbranched alkanes of at least 4 members (excludes halogenated alkanes) is 13. The van der Waals surface area contributed by atoms with E-state index in [-0.39, 0.29) is 13.0 Å². The molecule has 0 bridgehead atoms. The van der Waals surface area contributed by atoms with Crippen molar-refractivity contribution < 1.29 is 17.0 Å². The second-order valence-electron chi connectivity index (χ2n) is 7.61. The number of rotatable bonds is 19. The summed E-state index contributed by atoms with van der Waals surface area (Å²) in [7, 11) is -0.277. The van der Waals surface area contributed by atoms with E-state index in [1.54, 1.807) is 0 Å². The summed E-state index contributed by atoms with van der Waals surface area (Å²) < 4.78 is 41.9. The number of halogens is 1. The van der Waals surface area contributed by atoms with Gasteiger partial charge in [0.15, 0.2) is 0 Å². The molecule has 0 amide bonds. The Morgan fingerprint density at radius 3 is 1.50 bits per heavy atom. The first kappa shape index (κ1) is 30.0. The van der Waals surface area contributed by atoms with Crippen LogP contribution in [0, 0.1) is 0 Å². The molecule has 172 valence electrons. The molecule has 0 aliphatic carbocycles. The molecule has 1 unspecified atom stereocenters. The summed E-state index contributed by atoms with van der Waals surface area (Å²) in [6.07, 6.45) is 16.8. The molecule has 28 heavy (non-hydrogen) atoms. The lowest BCUT2D eigenvalue weighted by atomic mass is 10.1. The molecular formula is C22H48FNO3S. The van der Waals surface area contributed by atoms with Gasteiger partial charge < -0.3 is 5.32 Å². The van der Waals surface area contributed by atoms with E-state index in [2.05, 4.69) is 19.2 Å². The first-order valence-electron chi connectivity index (χ1n) is 11.6. The molecule has 4 nitrogen and oxygen atoms in total. The second kappa shape index (κ2) is 23.1. The van der Waals surface area contributed by atoms with Crippen LogP contribution >= 0.6 is 0 Å². The lowest BCUT2D eigenvalue weighted by Gasteiger charge is -2.10. The highest BCUT2D eigenvalue weighted by molar-refractivity contribution is 7.87. The van der Waals surface area contributed by atoms with Crippen molar-refractivity contribution >= 4 is 10.1 Å². The molecule has 0 rings (SSSR count). The van der Waals surface area contributed by atoms with E-state index >= 15 is 0 Å². The zero-order valence-corrected chi connectivity index (χ0v) is 19.9. The average Bonchev–Trinajstić information content (AvgIpc) is 2.66. The van der Waals surface area contributed by atoms with Crippen molar-refractivity contribution in [3.8, 4) is 0 Å². The van der Waals surface area contributed by atoms with Crippen LogP contribution in [-0.4, -0.2) is 34.6 Å². The maximum Gasteiger partial charge on any atom is 0.299 e. The quantitative estimate of drug-likeness (QED) is 0.184. The predicted molar refractivity (Wildman–Crippen MR) is 120 cm³/mol. The summed E-state index contributed by atoms with van der Waals surface area (Å²) in [4.78, 5) is 0. The van der Waals surface area contributed by atoms with E-state index in [0.29, 0.717) is 12.8 Å². The fourth-order valence-corrected chi connectivity index (χ4v) is 3.84. The molecule has 0 spiro atoms. The largest absolute Gasteiger partial charge is 0.323 e. The Hall–Kier alpha value is -0.200. The van der Waals surface area contributed by atoms with Crippen molar-refractivity contribution in [3.05, 3.63) is 0 Å². The molecule has 0 aromatic rings. The highest BCUT2D eigenvalue weighted by Gasteiger charge is 2.25. The van der Waals surface area contributed by atoms with Gasteiger partial charge in [-0.25, -0.2) is 4.39 Å². The molecule has 0 aliphatic rings. The fraction of sp³-hybridized carbons (Fsp3) is 1.00. The van der Waals surface area contributed by atoms with Crippen molar-refractivity contribution in [1.29, 1.82) is 0 Å². The van der Waals surface area contributed by atoms with E-state index in [0.717, 1.165) is 32.1 Å². The Morgan fingerprint density at radius 2 is 1.07 bits per heavy atom. The van der Waals surface area contributed by atoms with Crippen molar-refractivity contribution in [3.63, 3.8) is 0 Å². The van der Waals surface area contributed by atoms with Crippen LogP contribution in [0.2, 0.25) is 0 Å². The summed E-state index contributed by atoms with van der Waals surface area (Å²) in [5, 5.41) is 2.75. The Kier molecular flexibility index (Phi) is 24.7. The van der Waals surface area contributed by atoms with Gasteiger partial charge in [0.05, 0.1) is 6.61 Å². The normalized spacial score (nSPS) is 12.5. The summed E-state index contributed by atoms with van der Waals surface area (Å²) in [6.45, 7) is 4.42. The lowest BCUT2D eigenvalue weighted by molar-refractivity contribution is 0.271. The molecular weight excluding hydrogens is 377 g/mol. The molecule has 0 fully saturated rings. The minimum absolute atomic E-state index is 0.0561. The summed E-state index contributed by atoms with van der Waals surface area (Å²) in [5.74, 6) is 0. The van der Waals surface area contributed by atoms with Crippen LogP contribution in [-0.2, 0) is 14.3 Å². The smallest absolute Gasteiger partial charge is 0.299 e. The number of hydrogen-bond acceptors (Lipinski definition) is 4. The Labute approximate surface area is 175 Å². The van der Waals surface area contributed by atoms with Gasteiger partial charge in [-0.05, 0) is 33.4 Å². The Bertz CT molecular complexity index is 391. The van der Waals surface area contributed by atoms with Crippen molar-refractivity contribution in [1.82, 2.24) is 5.32 Å². The first-order chi connectivity index (χ1) is 13.5. The van der Waals surface area contributed by atoms with Gasteiger partial charge in [-0.3, -0.25) is 4.18 Å². The fourth-order valence-electron chi connectivity index (χ4n) is 2.89. The number of nitrogens with one attached hydrogen (secondary N) is 1. The van der Waals surface area contributed by atoms with Crippen LogP contribution in [0.4, 0.5) is 4.39 Å². The summed E-state index contributed by atoms with van der Waals surface area (Å²) in [5.41, 5.74) is -1.86. The number of alkyl halides is 1. The summed E-state index contributed by atoms with van der Waals surface area (Å²) >= 11 is 0. The van der Waals surface area contributed by atoms with Gasteiger partial charge in [0.25, 0.3) is 10.1 Å². The van der Waals surface area contributed by atoms with E-state index in [1.807, 2.05) is 14.1 Å². The third-order valence-electron chi connectivity index (χ3n) is 4.59. The molecule has 0 radical (unpaired) electrons. The molecule has 1 N–H and O–H groups in total. The van der Waals surface area contributed by atoms with Gasteiger partial charge in [-0.1, -0.05) is 97.3 Å². The van der Waals surface area contributed by atoms with Gasteiger partial charge in [-0.2, -0.15) is 8.42 Å². The van der Waals surface area contributed by atoms with Gasteiger partial charge in [-0.15, -0.1) is 0 Å². The summed E-state index contributed by atoms with van der Waals surface area (Å²) in [6, 6.07) is 0. The predicted octanol–water partition coefficient (Wildman–Crippen LogP) is 6.75. The molecule has 0 saturated carbocycles. The van der Waals surface area contributed by atoms with Crippen LogP contribution in [0.25, 0.3) is 0 Å². The van der Waals surface area contributed by atoms with Crippen molar-refractivity contribution in [2.24, 2.45) is 0 Å². The zero-order chi connectivity index (χ0) is 21.5. The molecule has 0 saturated heterocycles. The molecule has 0 aromatic heterocycles. The van der Waals surface area contributed by atoms with Gasteiger partial charge in [0, 0.05) is 0 Å². The Balaban J connectivity index is 0. The van der Waals surface area contributed by atoms with Crippen LogP contribution < -0.4 is 5.32 Å². The van der Waals surface area contributed by atoms with E-state index in [9.17, 15) is 12.8 Å². The molecule has 0 heterocycles. The van der Waals surface area contributed by atoms with E-state index in [4.69, 9.17) is 4.18 Å². The van der Waals surface area contributed by atoms with Crippen LogP contribution in [0.15, 0.2) is 0 Å². The van der Waals surface area contributed by atoms with Crippen molar-refractivity contribution in [2.75, 3.05) is 20.7 Å². The lowest BCUT2D eigenvalue weighted by Crippen LogP contribution is -2.19.